The lowest BCUT2D eigenvalue weighted by Gasteiger charge is -2.34. The molecule has 1 aliphatic heterocycles. The lowest BCUT2D eigenvalue weighted by molar-refractivity contribution is -0.0561. The number of anilines is 1. The molecule has 0 saturated carbocycles. The molecule has 1 aliphatic rings. The van der Waals surface area contributed by atoms with Gasteiger partial charge in [-0.25, -0.2) is 9.50 Å². The van der Waals surface area contributed by atoms with E-state index in [0.717, 1.165) is 0 Å². The Morgan fingerprint density at radius 3 is 2.86 bits per heavy atom. The fourth-order valence-electron chi connectivity index (χ4n) is 2.91. The van der Waals surface area contributed by atoms with Crippen molar-refractivity contribution in [1.29, 1.82) is 5.26 Å². The number of nitrogen functional groups attached to an aromatic ring is 1. The molecule has 1 fully saturated rings. The molecule has 6 N–H and O–H groups in total. The summed E-state index contributed by atoms with van der Waals surface area (Å²) in [4.78, 5) is 3.88. The monoisotopic (exact) mass is 304 g/mol. The van der Waals surface area contributed by atoms with E-state index in [2.05, 4.69) is 10.1 Å². The summed E-state index contributed by atoms with van der Waals surface area (Å²) in [5, 5.41) is 33.5. The lowest BCUT2D eigenvalue weighted by Crippen LogP contribution is -2.59. The molecular formula is C13H16N6O3. The number of aliphatic hydroxyl groups excluding tert-OH is 2. The quantitative estimate of drug-likeness (QED) is 0.522. The second-order valence-electron chi connectivity index (χ2n) is 5.52. The molecule has 4 atom stereocenters. The SMILES string of the molecule is CC1(N)C(O)C(CO)OC1(C#N)c1ccc2c(N)ncnn12. The number of rotatable bonds is 2. The topological polar surface area (TPSA) is 156 Å². The number of hydrogen-bond acceptors (Lipinski definition) is 8. The van der Waals surface area contributed by atoms with E-state index < -0.39 is 30.0 Å². The van der Waals surface area contributed by atoms with Crippen LogP contribution in [0.4, 0.5) is 5.82 Å². The van der Waals surface area contributed by atoms with Crippen molar-refractivity contribution in [3.63, 3.8) is 0 Å². The maximum Gasteiger partial charge on any atom is 0.217 e. The van der Waals surface area contributed by atoms with E-state index in [9.17, 15) is 15.5 Å². The number of fused-ring (bicyclic) bond motifs is 1. The van der Waals surface area contributed by atoms with Gasteiger partial charge < -0.3 is 26.4 Å². The van der Waals surface area contributed by atoms with E-state index in [1.54, 1.807) is 12.1 Å². The average molecular weight is 304 g/mol. The Bertz CT molecular complexity index is 767. The Kier molecular flexibility index (Phi) is 3.08. The molecule has 9 heteroatoms. The Labute approximate surface area is 125 Å². The average Bonchev–Trinajstić information content (AvgIpc) is 3.01. The summed E-state index contributed by atoms with van der Waals surface area (Å²) in [6.45, 7) is 1.04. The Hall–Kier alpha value is -2.25. The molecular weight excluding hydrogens is 288 g/mol. The number of nitrogens with zero attached hydrogens (tertiary/aromatic N) is 4. The van der Waals surface area contributed by atoms with Crippen LogP contribution in [0.25, 0.3) is 5.52 Å². The van der Waals surface area contributed by atoms with Crippen molar-refractivity contribution in [2.24, 2.45) is 5.73 Å². The first-order valence-electron chi connectivity index (χ1n) is 6.64. The summed E-state index contributed by atoms with van der Waals surface area (Å²) in [6.07, 6.45) is -0.944. The summed E-state index contributed by atoms with van der Waals surface area (Å²) >= 11 is 0. The summed E-state index contributed by atoms with van der Waals surface area (Å²) in [5.41, 5.74) is 9.66. The number of hydrogen-bond donors (Lipinski definition) is 4. The third-order valence-electron chi connectivity index (χ3n) is 4.23. The molecule has 0 bridgehead atoms. The summed E-state index contributed by atoms with van der Waals surface area (Å²) in [5.74, 6) is 0.241. The first-order valence-corrected chi connectivity index (χ1v) is 6.64. The zero-order chi connectivity index (χ0) is 16.1. The van der Waals surface area contributed by atoms with Crippen LogP contribution in [-0.2, 0) is 10.3 Å². The van der Waals surface area contributed by atoms with Gasteiger partial charge in [0.15, 0.2) is 5.82 Å². The van der Waals surface area contributed by atoms with Gasteiger partial charge in [0.05, 0.1) is 17.8 Å². The molecule has 0 radical (unpaired) electrons. The highest BCUT2D eigenvalue weighted by molar-refractivity contribution is 5.66. The maximum atomic E-state index is 10.3. The number of aliphatic hydroxyl groups is 2. The van der Waals surface area contributed by atoms with Crippen LogP contribution in [0.5, 0.6) is 0 Å². The van der Waals surface area contributed by atoms with Gasteiger partial charge in [0, 0.05) is 0 Å². The van der Waals surface area contributed by atoms with Crippen LogP contribution >= 0.6 is 0 Å². The van der Waals surface area contributed by atoms with Crippen LogP contribution < -0.4 is 11.5 Å². The molecule has 0 aliphatic carbocycles. The minimum Gasteiger partial charge on any atom is -0.394 e. The van der Waals surface area contributed by atoms with Crippen LogP contribution in [0.1, 0.15) is 12.6 Å². The van der Waals surface area contributed by atoms with Gasteiger partial charge in [0.2, 0.25) is 5.60 Å². The molecule has 116 valence electrons. The Balaban J connectivity index is 2.27. The van der Waals surface area contributed by atoms with E-state index >= 15 is 0 Å². The zero-order valence-corrected chi connectivity index (χ0v) is 11.8. The highest BCUT2D eigenvalue weighted by atomic mass is 16.5. The molecule has 0 aromatic carbocycles. The number of nitrogens with two attached hydrogens (primary N) is 2. The number of ether oxygens (including phenoxy) is 1. The van der Waals surface area contributed by atoms with Gasteiger partial charge in [-0.15, -0.1) is 0 Å². The molecule has 2 aromatic rings. The first kappa shape index (κ1) is 14.7. The molecule has 9 nitrogen and oxygen atoms in total. The molecule has 3 heterocycles. The van der Waals surface area contributed by atoms with Crippen LogP contribution in [0.2, 0.25) is 0 Å². The van der Waals surface area contributed by atoms with E-state index in [4.69, 9.17) is 16.2 Å². The van der Waals surface area contributed by atoms with Crippen molar-refractivity contribution in [3.8, 4) is 6.07 Å². The van der Waals surface area contributed by atoms with Crippen LogP contribution in [0, 0.1) is 11.3 Å². The number of aromatic nitrogens is 3. The van der Waals surface area contributed by atoms with Crippen LogP contribution in [0.3, 0.4) is 0 Å². The van der Waals surface area contributed by atoms with Crippen molar-refractivity contribution >= 4 is 11.3 Å². The summed E-state index contributed by atoms with van der Waals surface area (Å²) in [6, 6.07) is 5.28. The first-order chi connectivity index (χ1) is 10.4. The van der Waals surface area contributed by atoms with Crippen molar-refractivity contribution in [2.75, 3.05) is 12.3 Å². The van der Waals surface area contributed by atoms with Gasteiger partial charge in [-0.1, -0.05) is 0 Å². The van der Waals surface area contributed by atoms with Gasteiger partial charge in [0.25, 0.3) is 0 Å². The summed E-state index contributed by atoms with van der Waals surface area (Å²) in [7, 11) is 0. The van der Waals surface area contributed by atoms with Gasteiger partial charge >= 0.3 is 0 Å². The van der Waals surface area contributed by atoms with Gasteiger partial charge in [-0.3, -0.25) is 0 Å². The van der Waals surface area contributed by atoms with E-state index in [1.807, 2.05) is 6.07 Å². The van der Waals surface area contributed by atoms with E-state index in [-0.39, 0.29) is 5.82 Å². The molecule has 0 spiro atoms. The lowest BCUT2D eigenvalue weighted by atomic mass is 9.78. The molecule has 0 amide bonds. The Morgan fingerprint density at radius 1 is 1.55 bits per heavy atom. The highest BCUT2D eigenvalue weighted by Gasteiger charge is 2.63. The molecule has 2 aromatic heterocycles. The van der Waals surface area contributed by atoms with E-state index in [0.29, 0.717) is 11.2 Å². The van der Waals surface area contributed by atoms with Gasteiger partial charge in [-0.2, -0.15) is 10.4 Å². The predicted molar refractivity (Wildman–Crippen MR) is 75.2 cm³/mol. The highest BCUT2D eigenvalue weighted by Crippen LogP contribution is 2.45. The standard InChI is InChI=1S/C13H16N6O3/c1-12(16)10(21)8(4-20)22-13(12,5-14)9-3-2-7-11(15)17-6-18-19(7)9/h2-3,6,8,10,20-21H,4,16H2,1H3,(H2,15,17,18). The largest absolute Gasteiger partial charge is 0.394 e. The van der Waals surface area contributed by atoms with Gasteiger partial charge in [-0.05, 0) is 19.1 Å². The van der Waals surface area contributed by atoms with Crippen molar-refractivity contribution < 1.29 is 14.9 Å². The molecule has 22 heavy (non-hydrogen) atoms. The molecule has 4 unspecified atom stereocenters. The third-order valence-corrected chi connectivity index (χ3v) is 4.23. The number of nitriles is 1. The minimum absolute atomic E-state index is 0.241. The third kappa shape index (κ3) is 1.60. The van der Waals surface area contributed by atoms with Crippen molar-refractivity contribution in [1.82, 2.24) is 14.6 Å². The maximum absolute atomic E-state index is 10.3. The Morgan fingerprint density at radius 2 is 2.27 bits per heavy atom. The normalized spacial score (nSPS) is 34.9. The second-order valence-corrected chi connectivity index (χ2v) is 5.52. The smallest absolute Gasteiger partial charge is 0.217 e. The molecule has 1 saturated heterocycles. The van der Waals surface area contributed by atoms with E-state index in [1.165, 1.54) is 17.8 Å². The predicted octanol–water partition coefficient (Wildman–Crippen LogP) is -1.50. The van der Waals surface area contributed by atoms with Crippen molar-refractivity contribution in [3.05, 3.63) is 24.2 Å². The van der Waals surface area contributed by atoms with Crippen LogP contribution in [-0.4, -0.2) is 49.2 Å². The fraction of sp³-hybridized carbons (Fsp3) is 0.462. The zero-order valence-electron chi connectivity index (χ0n) is 11.8. The van der Waals surface area contributed by atoms with Gasteiger partial charge in [0.1, 0.15) is 30.1 Å². The molecule has 3 rings (SSSR count). The second kappa shape index (κ2) is 4.62. The van der Waals surface area contributed by atoms with Crippen molar-refractivity contribution in [2.45, 2.75) is 30.3 Å². The summed E-state index contributed by atoms with van der Waals surface area (Å²) < 4.78 is 7.07. The van der Waals surface area contributed by atoms with Crippen LogP contribution in [0.15, 0.2) is 18.5 Å². The minimum atomic E-state index is -1.69. The fourth-order valence-corrected chi connectivity index (χ4v) is 2.91.